The third-order valence-corrected chi connectivity index (χ3v) is 3.13. The molecule has 18 heavy (non-hydrogen) atoms. The van der Waals surface area contributed by atoms with Crippen molar-refractivity contribution in [1.29, 1.82) is 0 Å². The number of nitro groups is 1. The van der Waals surface area contributed by atoms with Gasteiger partial charge in [0, 0.05) is 18.7 Å². The molecule has 1 aliphatic rings. The van der Waals surface area contributed by atoms with Gasteiger partial charge in [0.05, 0.1) is 16.7 Å². The normalized spacial score (nSPS) is 18.8. The summed E-state index contributed by atoms with van der Waals surface area (Å²) in [6, 6.07) is 4.16. The second kappa shape index (κ2) is 5.77. The molecule has 0 aromatic heterocycles. The second-order valence-corrected chi connectivity index (χ2v) is 4.43. The first kappa shape index (κ1) is 12.8. The van der Waals surface area contributed by atoms with Crippen LogP contribution in [0.4, 0.5) is 15.8 Å². The number of benzene rings is 1. The van der Waals surface area contributed by atoms with E-state index in [4.69, 9.17) is 0 Å². The number of non-ortho nitro benzene ring substituents is 1. The van der Waals surface area contributed by atoms with Crippen LogP contribution in [0.2, 0.25) is 0 Å². The lowest BCUT2D eigenvalue weighted by Gasteiger charge is -2.11. The van der Waals surface area contributed by atoms with Crippen molar-refractivity contribution in [2.45, 2.75) is 25.3 Å². The molecular weight excluding hydrogens is 237 g/mol. The van der Waals surface area contributed by atoms with E-state index in [9.17, 15) is 14.5 Å². The molecule has 5 nitrogen and oxygen atoms in total. The zero-order valence-electron chi connectivity index (χ0n) is 9.99. The molecule has 2 N–H and O–H groups in total. The Labute approximate surface area is 105 Å². The number of nitrogens with one attached hydrogen (secondary N) is 2. The van der Waals surface area contributed by atoms with E-state index in [1.165, 1.54) is 18.6 Å². The quantitative estimate of drug-likeness (QED) is 0.624. The Kier molecular flexibility index (Phi) is 4.09. The van der Waals surface area contributed by atoms with Crippen molar-refractivity contribution in [1.82, 2.24) is 5.32 Å². The molecule has 1 aromatic carbocycles. The fourth-order valence-electron chi connectivity index (χ4n) is 2.15. The van der Waals surface area contributed by atoms with Gasteiger partial charge in [-0.3, -0.25) is 10.1 Å². The predicted molar refractivity (Wildman–Crippen MR) is 67.2 cm³/mol. The van der Waals surface area contributed by atoms with Crippen LogP contribution in [-0.2, 0) is 0 Å². The van der Waals surface area contributed by atoms with E-state index < -0.39 is 10.7 Å². The van der Waals surface area contributed by atoms with E-state index in [-0.39, 0.29) is 5.69 Å². The van der Waals surface area contributed by atoms with Crippen LogP contribution in [0.15, 0.2) is 18.2 Å². The van der Waals surface area contributed by atoms with Crippen LogP contribution in [0.5, 0.6) is 0 Å². The molecule has 1 saturated heterocycles. The van der Waals surface area contributed by atoms with Gasteiger partial charge in [0.25, 0.3) is 5.69 Å². The van der Waals surface area contributed by atoms with E-state index in [0.717, 1.165) is 25.5 Å². The largest absolute Gasteiger partial charge is 0.383 e. The van der Waals surface area contributed by atoms with Gasteiger partial charge < -0.3 is 10.6 Å². The Balaban J connectivity index is 1.87. The third-order valence-electron chi connectivity index (χ3n) is 3.13. The maximum absolute atomic E-state index is 13.5. The van der Waals surface area contributed by atoms with Crippen molar-refractivity contribution >= 4 is 11.4 Å². The standard InChI is InChI=1S/C12H16FN3O2/c13-11-8-10(16(17)18)3-4-12(11)15-7-5-9-2-1-6-14-9/h3-4,8-9,14-15H,1-2,5-7H2/t9-/m1/s1. The molecule has 0 aliphatic carbocycles. The number of rotatable bonds is 5. The number of hydrogen-bond acceptors (Lipinski definition) is 4. The lowest BCUT2D eigenvalue weighted by atomic mass is 10.1. The Morgan fingerprint density at radius 2 is 2.39 bits per heavy atom. The number of nitrogens with zero attached hydrogens (tertiary/aromatic N) is 1. The molecule has 2 rings (SSSR count). The minimum Gasteiger partial charge on any atom is -0.383 e. The van der Waals surface area contributed by atoms with E-state index in [2.05, 4.69) is 10.6 Å². The molecule has 1 aromatic rings. The zero-order chi connectivity index (χ0) is 13.0. The van der Waals surface area contributed by atoms with Crippen molar-refractivity contribution in [3.05, 3.63) is 34.1 Å². The first-order valence-corrected chi connectivity index (χ1v) is 6.08. The summed E-state index contributed by atoms with van der Waals surface area (Å²) in [5.41, 5.74) is 0.0918. The summed E-state index contributed by atoms with van der Waals surface area (Å²) in [6.45, 7) is 1.71. The Morgan fingerprint density at radius 1 is 1.56 bits per heavy atom. The Morgan fingerprint density at radius 3 is 3.00 bits per heavy atom. The van der Waals surface area contributed by atoms with Crippen molar-refractivity contribution in [2.24, 2.45) is 0 Å². The lowest BCUT2D eigenvalue weighted by Crippen LogP contribution is -2.24. The third kappa shape index (κ3) is 3.16. The number of halogens is 1. The van der Waals surface area contributed by atoms with Crippen molar-refractivity contribution in [3.8, 4) is 0 Å². The van der Waals surface area contributed by atoms with Gasteiger partial charge in [-0.25, -0.2) is 4.39 Å². The molecule has 0 saturated carbocycles. The SMILES string of the molecule is O=[N+]([O-])c1ccc(NCC[C@H]2CCCN2)c(F)c1. The maximum Gasteiger partial charge on any atom is 0.272 e. The molecule has 0 bridgehead atoms. The monoisotopic (exact) mass is 253 g/mol. The van der Waals surface area contributed by atoms with Crippen LogP contribution in [0.25, 0.3) is 0 Å². The van der Waals surface area contributed by atoms with Gasteiger partial charge in [-0.1, -0.05) is 0 Å². The summed E-state index contributed by atoms with van der Waals surface area (Å²) < 4.78 is 13.5. The molecule has 98 valence electrons. The molecule has 1 aliphatic heterocycles. The smallest absolute Gasteiger partial charge is 0.272 e. The average Bonchev–Trinajstić information content (AvgIpc) is 2.84. The van der Waals surface area contributed by atoms with Gasteiger partial charge in [-0.05, 0) is 31.9 Å². The van der Waals surface area contributed by atoms with Gasteiger partial charge in [-0.15, -0.1) is 0 Å². The van der Waals surface area contributed by atoms with Gasteiger partial charge in [0.1, 0.15) is 0 Å². The molecule has 0 radical (unpaired) electrons. The molecule has 0 unspecified atom stereocenters. The topological polar surface area (TPSA) is 67.2 Å². The summed E-state index contributed by atoms with van der Waals surface area (Å²) in [4.78, 5) is 9.86. The fourth-order valence-corrected chi connectivity index (χ4v) is 2.15. The summed E-state index contributed by atoms with van der Waals surface area (Å²) in [5, 5.41) is 16.8. The molecular formula is C12H16FN3O2. The predicted octanol–water partition coefficient (Wildman–Crippen LogP) is 2.29. The lowest BCUT2D eigenvalue weighted by molar-refractivity contribution is -0.385. The van der Waals surface area contributed by atoms with Gasteiger partial charge in [-0.2, -0.15) is 0 Å². The van der Waals surface area contributed by atoms with Gasteiger partial charge >= 0.3 is 0 Å². The minimum atomic E-state index is -0.602. The average molecular weight is 253 g/mol. The number of anilines is 1. The number of hydrogen-bond donors (Lipinski definition) is 2. The maximum atomic E-state index is 13.5. The second-order valence-electron chi connectivity index (χ2n) is 4.43. The van der Waals surface area contributed by atoms with Gasteiger partial charge in [0.2, 0.25) is 0 Å². The van der Waals surface area contributed by atoms with E-state index in [0.29, 0.717) is 18.3 Å². The van der Waals surface area contributed by atoms with Crippen LogP contribution in [-0.4, -0.2) is 24.1 Å². The van der Waals surface area contributed by atoms with Crippen molar-refractivity contribution in [2.75, 3.05) is 18.4 Å². The highest BCUT2D eigenvalue weighted by Gasteiger charge is 2.14. The van der Waals surface area contributed by atoms with Crippen LogP contribution < -0.4 is 10.6 Å². The van der Waals surface area contributed by atoms with Crippen LogP contribution in [0.3, 0.4) is 0 Å². The van der Waals surface area contributed by atoms with E-state index in [1.807, 2.05) is 0 Å². The highest BCUT2D eigenvalue weighted by atomic mass is 19.1. The van der Waals surface area contributed by atoms with Crippen LogP contribution in [0.1, 0.15) is 19.3 Å². The van der Waals surface area contributed by atoms with E-state index >= 15 is 0 Å². The summed E-state index contributed by atoms with van der Waals surface area (Å²) in [5.74, 6) is -0.580. The summed E-state index contributed by atoms with van der Waals surface area (Å²) in [7, 11) is 0. The molecule has 6 heteroatoms. The Bertz CT molecular complexity index is 433. The first-order chi connectivity index (χ1) is 8.66. The van der Waals surface area contributed by atoms with Crippen LogP contribution >= 0.6 is 0 Å². The molecule has 0 spiro atoms. The van der Waals surface area contributed by atoms with E-state index in [1.54, 1.807) is 0 Å². The van der Waals surface area contributed by atoms with Crippen molar-refractivity contribution in [3.63, 3.8) is 0 Å². The Hall–Kier alpha value is -1.69. The molecule has 0 amide bonds. The molecule has 1 heterocycles. The molecule has 1 fully saturated rings. The molecule has 1 atom stereocenters. The van der Waals surface area contributed by atoms with Crippen LogP contribution in [0, 0.1) is 15.9 Å². The number of nitro benzene ring substituents is 1. The fraction of sp³-hybridized carbons (Fsp3) is 0.500. The zero-order valence-corrected chi connectivity index (χ0v) is 9.99. The first-order valence-electron chi connectivity index (χ1n) is 6.08. The summed E-state index contributed by atoms with van der Waals surface area (Å²) >= 11 is 0. The minimum absolute atomic E-state index is 0.226. The van der Waals surface area contributed by atoms with Gasteiger partial charge in [0.15, 0.2) is 5.82 Å². The highest BCUT2D eigenvalue weighted by Crippen LogP contribution is 2.20. The summed E-state index contributed by atoms with van der Waals surface area (Å²) in [6.07, 6.45) is 3.28. The van der Waals surface area contributed by atoms with Crippen molar-refractivity contribution < 1.29 is 9.31 Å². The highest BCUT2D eigenvalue weighted by molar-refractivity contribution is 5.50.